The monoisotopic (exact) mass is 377 g/mol. The van der Waals surface area contributed by atoms with Crippen molar-refractivity contribution < 1.29 is 8.82 Å². The lowest BCUT2D eigenvalue weighted by Crippen LogP contribution is -2.44. The van der Waals surface area contributed by atoms with Gasteiger partial charge in [0.25, 0.3) is 0 Å². The van der Waals surface area contributed by atoms with Gasteiger partial charge < -0.3 is 9.74 Å². The molecule has 1 saturated heterocycles. The summed E-state index contributed by atoms with van der Waals surface area (Å²) in [6.07, 6.45) is 1.34. The third-order valence-electron chi connectivity index (χ3n) is 5.80. The molecule has 1 aliphatic heterocycles. The summed E-state index contributed by atoms with van der Waals surface area (Å²) in [6.45, 7) is 14.2. The molecule has 0 radical (unpaired) electrons. The molecule has 0 amide bonds. The first-order chi connectivity index (χ1) is 12.1. The van der Waals surface area contributed by atoms with Gasteiger partial charge in [0.05, 0.1) is 11.7 Å². The van der Waals surface area contributed by atoms with E-state index in [-0.39, 0.29) is 22.7 Å². The normalized spacial score (nSPS) is 20.2. The minimum absolute atomic E-state index is 0.0642. The number of likely N-dealkylation sites (N-methyl/N-ethyl adjacent to an activating group) is 1. The number of likely N-dealkylation sites (tertiary alicyclic amines) is 1. The number of nitrogens with one attached hydrogen (secondary N) is 1. The van der Waals surface area contributed by atoms with Crippen molar-refractivity contribution in [3.8, 4) is 6.07 Å². The van der Waals surface area contributed by atoms with Crippen molar-refractivity contribution in [1.82, 2.24) is 10.2 Å². The van der Waals surface area contributed by atoms with Crippen LogP contribution in [0.2, 0.25) is 18.1 Å². The molecule has 1 aromatic rings. The van der Waals surface area contributed by atoms with E-state index < -0.39 is 14.1 Å². The van der Waals surface area contributed by atoms with Crippen molar-refractivity contribution in [2.24, 2.45) is 0 Å². The van der Waals surface area contributed by atoms with Crippen LogP contribution in [0.3, 0.4) is 0 Å². The van der Waals surface area contributed by atoms with Gasteiger partial charge in [-0.1, -0.05) is 26.8 Å². The average molecular weight is 378 g/mol. The summed E-state index contributed by atoms with van der Waals surface area (Å²) >= 11 is 0. The van der Waals surface area contributed by atoms with Gasteiger partial charge in [0.15, 0.2) is 8.32 Å². The van der Waals surface area contributed by atoms with Crippen LogP contribution in [0.5, 0.6) is 0 Å². The lowest BCUT2D eigenvalue weighted by atomic mass is 10.0. The second-order valence-electron chi connectivity index (χ2n) is 8.74. The molecule has 1 aliphatic rings. The summed E-state index contributed by atoms with van der Waals surface area (Å²) < 4.78 is 20.1. The predicted molar refractivity (Wildman–Crippen MR) is 106 cm³/mol. The minimum atomic E-state index is -1.75. The molecule has 1 N–H and O–H groups in total. The Balaban J connectivity index is 1.99. The standard InChI is InChI=1S/C20H32FN3OSi/c1-20(2,3)26(5,6)25-17-9-10-24(13-17)14-19(23-4)15-7-8-18(21)16(11-15)12-22/h7-8,11,17,19,23H,9-10,13-14H2,1-6H3/t17?,19-/m1/s1. The van der Waals surface area contributed by atoms with E-state index in [4.69, 9.17) is 9.69 Å². The van der Waals surface area contributed by atoms with Crippen molar-refractivity contribution in [1.29, 1.82) is 5.26 Å². The second kappa shape index (κ2) is 8.18. The molecule has 1 unspecified atom stereocenters. The van der Waals surface area contributed by atoms with E-state index in [9.17, 15) is 4.39 Å². The third kappa shape index (κ3) is 4.92. The molecule has 0 saturated carbocycles. The van der Waals surface area contributed by atoms with Crippen molar-refractivity contribution in [2.75, 3.05) is 26.7 Å². The number of benzene rings is 1. The van der Waals surface area contributed by atoms with Gasteiger partial charge in [-0.15, -0.1) is 0 Å². The van der Waals surface area contributed by atoms with Crippen molar-refractivity contribution in [2.45, 2.75) is 57.5 Å². The predicted octanol–water partition coefficient (Wildman–Crippen LogP) is 4.05. The Kier molecular flexibility index (Phi) is 6.62. The topological polar surface area (TPSA) is 48.3 Å². The van der Waals surface area contributed by atoms with Crippen molar-refractivity contribution in [3.63, 3.8) is 0 Å². The number of hydrogen-bond acceptors (Lipinski definition) is 4. The molecule has 2 atom stereocenters. The molecular weight excluding hydrogens is 345 g/mol. The van der Waals surface area contributed by atoms with Gasteiger partial charge >= 0.3 is 0 Å². The lowest BCUT2D eigenvalue weighted by molar-refractivity contribution is 0.177. The molecule has 6 heteroatoms. The number of hydrogen-bond donors (Lipinski definition) is 1. The van der Waals surface area contributed by atoms with E-state index in [1.165, 1.54) is 6.07 Å². The second-order valence-corrected chi connectivity index (χ2v) is 13.5. The molecule has 0 spiro atoms. The van der Waals surface area contributed by atoms with Crippen molar-refractivity contribution >= 4 is 8.32 Å². The first kappa shape index (κ1) is 21.0. The van der Waals surface area contributed by atoms with E-state index in [0.29, 0.717) is 0 Å². The van der Waals surface area contributed by atoms with Crippen LogP contribution in [0.1, 0.15) is 44.4 Å². The van der Waals surface area contributed by atoms with Crippen LogP contribution < -0.4 is 5.32 Å². The van der Waals surface area contributed by atoms with Gasteiger partial charge in [-0.2, -0.15) is 5.26 Å². The Hall–Kier alpha value is -1.26. The molecular formula is C20H32FN3OSi. The Morgan fingerprint density at radius 1 is 1.42 bits per heavy atom. The molecule has 1 heterocycles. The third-order valence-corrected chi connectivity index (χ3v) is 10.3. The first-order valence-corrected chi connectivity index (χ1v) is 12.2. The molecule has 0 aliphatic carbocycles. The van der Waals surface area contributed by atoms with E-state index >= 15 is 0 Å². The van der Waals surface area contributed by atoms with Crippen LogP contribution in [0.4, 0.5) is 4.39 Å². The summed E-state index contributed by atoms with van der Waals surface area (Å²) in [6, 6.07) is 6.78. The zero-order valence-electron chi connectivity index (χ0n) is 16.9. The van der Waals surface area contributed by atoms with Gasteiger partial charge in [0.2, 0.25) is 0 Å². The van der Waals surface area contributed by atoms with Gasteiger partial charge in [-0.3, -0.25) is 4.90 Å². The van der Waals surface area contributed by atoms with Crippen LogP contribution in [0, 0.1) is 17.1 Å². The fraction of sp³-hybridized carbons (Fsp3) is 0.650. The lowest BCUT2D eigenvalue weighted by Gasteiger charge is -2.38. The highest BCUT2D eigenvalue weighted by Crippen LogP contribution is 2.38. The summed E-state index contributed by atoms with van der Waals surface area (Å²) in [5, 5.41) is 12.6. The molecule has 4 nitrogen and oxygen atoms in total. The zero-order valence-corrected chi connectivity index (χ0v) is 17.9. The quantitative estimate of drug-likeness (QED) is 0.760. The largest absolute Gasteiger partial charge is 0.413 e. The highest BCUT2D eigenvalue weighted by molar-refractivity contribution is 6.74. The van der Waals surface area contributed by atoms with Gasteiger partial charge in [-0.05, 0) is 49.3 Å². The molecule has 1 aromatic carbocycles. The fourth-order valence-electron chi connectivity index (χ4n) is 3.12. The molecule has 2 rings (SSSR count). The number of halogens is 1. The minimum Gasteiger partial charge on any atom is -0.413 e. The van der Waals surface area contributed by atoms with Crippen LogP contribution in [0.15, 0.2) is 18.2 Å². The zero-order chi connectivity index (χ0) is 19.5. The molecule has 144 valence electrons. The SMILES string of the molecule is CN[C@H](CN1CCC(O[Si](C)(C)C(C)(C)C)C1)c1ccc(F)c(C#N)c1. The van der Waals surface area contributed by atoms with Gasteiger partial charge in [0, 0.05) is 25.7 Å². The Morgan fingerprint density at radius 3 is 2.69 bits per heavy atom. The van der Waals surface area contributed by atoms with Gasteiger partial charge in [-0.25, -0.2) is 4.39 Å². The summed E-state index contributed by atoms with van der Waals surface area (Å²) in [4.78, 5) is 2.40. The number of rotatable bonds is 6. The van der Waals surface area contributed by atoms with Crippen LogP contribution >= 0.6 is 0 Å². The molecule has 0 bridgehead atoms. The number of nitriles is 1. The Morgan fingerprint density at radius 2 is 2.12 bits per heavy atom. The molecule has 1 fully saturated rings. The molecule has 0 aromatic heterocycles. The highest BCUT2D eigenvalue weighted by Gasteiger charge is 2.40. The fourth-order valence-corrected chi connectivity index (χ4v) is 4.50. The maximum absolute atomic E-state index is 13.6. The van der Waals surface area contributed by atoms with E-state index in [2.05, 4.69) is 44.1 Å². The van der Waals surface area contributed by atoms with Gasteiger partial charge in [0.1, 0.15) is 11.9 Å². The average Bonchev–Trinajstić information content (AvgIpc) is 2.98. The van der Waals surface area contributed by atoms with Crippen LogP contribution in [-0.4, -0.2) is 46.0 Å². The first-order valence-electron chi connectivity index (χ1n) is 9.34. The van der Waals surface area contributed by atoms with Crippen LogP contribution in [-0.2, 0) is 4.43 Å². The summed E-state index contributed by atoms with van der Waals surface area (Å²) in [5.41, 5.74) is 1.04. The van der Waals surface area contributed by atoms with E-state index in [1.807, 2.05) is 13.1 Å². The van der Waals surface area contributed by atoms with Crippen molar-refractivity contribution in [3.05, 3.63) is 35.1 Å². The maximum Gasteiger partial charge on any atom is 0.192 e. The van der Waals surface area contributed by atoms with E-state index in [1.54, 1.807) is 12.1 Å². The van der Waals surface area contributed by atoms with E-state index in [0.717, 1.165) is 31.6 Å². The Bertz CT molecular complexity index is 666. The highest BCUT2D eigenvalue weighted by atomic mass is 28.4. The maximum atomic E-state index is 13.6. The van der Waals surface area contributed by atoms with Crippen LogP contribution in [0.25, 0.3) is 0 Å². The number of nitrogens with zero attached hydrogens (tertiary/aromatic N) is 2. The summed E-state index contributed by atoms with van der Waals surface area (Å²) in [7, 11) is 0.152. The smallest absolute Gasteiger partial charge is 0.192 e. The molecule has 26 heavy (non-hydrogen) atoms. The summed E-state index contributed by atoms with van der Waals surface area (Å²) in [5.74, 6) is -0.463. The Labute approximate surface area is 158 Å².